The summed E-state index contributed by atoms with van der Waals surface area (Å²) in [6, 6.07) is 5.10. The molecule has 2 fully saturated rings. The van der Waals surface area contributed by atoms with Gasteiger partial charge in [-0.15, -0.1) is 0 Å². The zero-order chi connectivity index (χ0) is 15.4. The van der Waals surface area contributed by atoms with Gasteiger partial charge in [0, 0.05) is 18.3 Å². The first-order valence-electron chi connectivity index (χ1n) is 7.36. The van der Waals surface area contributed by atoms with Crippen molar-refractivity contribution in [1.29, 1.82) is 0 Å². The summed E-state index contributed by atoms with van der Waals surface area (Å²) in [7, 11) is -0.688. The van der Waals surface area contributed by atoms with Gasteiger partial charge in [-0.2, -0.15) is 0 Å². The highest BCUT2D eigenvalue weighted by Crippen LogP contribution is 2.37. The molecule has 2 aliphatic rings. The fraction of sp³-hybridized carbons (Fsp3) is 0.562. The molecule has 1 aliphatic heterocycles. The maximum atomic E-state index is 14.4. The molecule has 0 atom stereocenters. The smallest absolute Gasteiger partial charge is 0.399 e. The molecule has 3 rings (SSSR count). The number of rotatable bonds is 2. The molecule has 3 nitrogen and oxygen atoms in total. The normalized spacial score (nSPS) is 24.2. The second-order valence-corrected chi connectivity index (χ2v) is 7.01. The van der Waals surface area contributed by atoms with Gasteiger partial charge in [0.25, 0.3) is 0 Å². The maximum Gasteiger partial charge on any atom is 0.497 e. The summed E-state index contributed by atoms with van der Waals surface area (Å²) in [5, 5.41) is 0. The number of carbonyl (C=O) groups is 1. The molecule has 112 valence electrons. The molecular formula is C16H20BFO3. The highest BCUT2D eigenvalue weighted by Gasteiger charge is 2.52. The van der Waals surface area contributed by atoms with E-state index in [2.05, 4.69) is 0 Å². The van der Waals surface area contributed by atoms with Crippen molar-refractivity contribution in [2.24, 2.45) is 0 Å². The minimum atomic E-state index is -0.688. The van der Waals surface area contributed by atoms with Gasteiger partial charge in [0.1, 0.15) is 11.6 Å². The highest BCUT2D eigenvalue weighted by atomic mass is 19.1. The van der Waals surface area contributed by atoms with Crippen molar-refractivity contribution in [3.63, 3.8) is 0 Å². The van der Waals surface area contributed by atoms with Gasteiger partial charge in [-0.1, -0.05) is 12.1 Å². The average Bonchev–Trinajstić information content (AvgIpc) is 2.54. The SMILES string of the molecule is CC1(C)OB(c2ccc(C3CC(=O)C3)cc2F)OC1(C)C. The molecule has 0 aromatic heterocycles. The van der Waals surface area contributed by atoms with Crippen LogP contribution in [0.1, 0.15) is 52.0 Å². The molecular weight excluding hydrogens is 270 g/mol. The highest BCUT2D eigenvalue weighted by molar-refractivity contribution is 6.62. The quantitative estimate of drug-likeness (QED) is 0.785. The molecule has 21 heavy (non-hydrogen) atoms. The Morgan fingerprint density at radius 1 is 1.14 bits per heavy atom. The van der Waals surface area contributed by atoms with Crippen LogP contribution in [0.3, 0.4) is 0 Å². The Morgan fingerprint density at radius 3 is 2.19 bits per heavy atom. The Labute approximate surface area is 125 Å². The van der Waals surface area contributed by atoms with Gasteiger partial charge in [0.05, 0.1) is 11.2 Å². The number of carbonyl (C=O) groups excluding carboxylic acids is 1. The summed E-state index contributed by atoms with van der Waals surface area (Å²) in [6.45, 7) is 7.77. The topological polar surface area (TPSA) is 35.5 Å². The van der Waals surface area contributed by atoms with E-state index in [9.17, 15) is 9.18 Å². The monoisotopic (exact) mass is 290 g/mol. The molecule has 0 bridgehead atoms. The Bertz CT molecular complexity index is 573. The molecule has 0 N–H and O–H groups in total. The summed E-state index contributed by atoms with van der Waals surface area (Å²) in [5.41, 5.74) is 0.335. The lowest BCUT2D eigenvalue weighted by Crippen LogP contribution is -2.41. The molecule has 0 unspecified atom stereocenters. The van der Waals surface area contributed by atoms with Crippen LogP contribution >= 0.6 is 0 Å². The minimum Gasteiger partial charge on any atom is -0.399 e. The van der Waals surface area contributed by atoms with E-state index in [4.69, 9.17) is 9.31 Å². The average molecular weight is 290 g/mol. The number of Topliss-reactive ketones (excluding diaryl/α,β-unsaturated/α-hetero) is 1. The van der Waals surface area contributed by atoms with Gasteiger partial charge in [0.2, 0.25) is 0 Å². The fourth-order valence-electron chi connectivity index (χ4n) is 2.68. The third-order valence-electron chi connectivity index (χ3n) is 4.95. The summed E-state index contributed by atoms with van der Waals surface area (Å²) >= 11 is 0. The van der Waals surface area contributed by atoms with Crippen LogP contribution in [0, 0.1) is 5.82 Å². The van der Waals surface area contributed by atoms with Crippen molar-refractivity contribution in [2.75, 3.05) is 0 Å². The van der Waals surface area contributed by atoms with Crippen LogP contribution in [-0.2, 0) is 14.1 Å². The van der Waals surface area contributed by atoms with E-state index >= 15 is 0 Å². The molecule has 0 amide bonds. The second kappa shape index (κ2) is 4.65. The molecule has 0 spiro atoms. The van der Waals surface area contributed by atoms with Crippen LogP contribution in [0.2, 0.25) is 0 Å². The summed E-state index contributed by atoms with van der Waals surface area (Å²) in [5.74, 6) is 0.0835. The molecule has 1 heterocycles. The number of benzene rings is 1. The number of ketones is 1. The van der Waals surface area contributed by atoms with Crippen LogP contribution in [0.5, 0.6) is 0 Å². The van der Waals surface area contributed by atoms with E-state index in [1.807, 2.05) is 33.8 Å². The Morgan fingerprint density at radius 2 is 1.71 bits per heavy atom. The molecule has 5 heteroatoms. The molecule has 1 saturated heterocycles. The van der Waals surface area contributed by atoms with Crippen molar-refractivity contribution in [3.05, 3.63) is 29.6 Å². The third-order valence-corrected chi connectivity index (χ3v) is 4.95. The predicted molar refractivity (Wildman–Crippen MR) is 79.1 cm³/mol. The largest absolute Gasteiger partial charge is 0.497 e. The van der Waals surface area contributed by atoms with Crippen LogP contribution in [0.25, 0.3) is 0 Å². The summed E-state index contributed by atoms with van der Waals surface area (Å²) < 4.78 is 26.1. The van der Waals surface area contributed by atoms with Crippen molar-refractivity contribution < 1.29 is 18.5 Å². The van der Waals surface area contributed by atoms with Gasteiger partial charge in [-0.05, 0) is 45.2 Å². The van der Waals surface area contributed by atoms with Crippen LogP contribution in [0.4, 0.5) is 4.39 Å². The van der Waals surface area contributed by atoms with E-state index < -0.39 is 18.3 Å². The van der Waals surface area contributed by atoms with E-state index in [-0.39, 0.29) is 17.5 Å². The van der Waals surface area contributed by atoms with Crippen molar-refractivity contribution >= 4 is 18.4 Å². The first-order chi connectivity index (χ1) is 9.69. The van der Waals surface area contributed by atoms with Crippen LogP contribution < -0.4 is 5.46 Å². The fourth-order valence-corrected chi connectivity index (χ4v) is 2.68. The lowest BCUT2D eigenvalue weighted by atomic mass is 9.74. The standard InChI is InChI=1S/C16H20BFO3/c1-15(2)16(3,4)21-17(20-15)13-6-5-10(9-14(13)18)11-7-12(19)8-11/h5-6,9,11H,7-8H2,1-4H3. The Hall–Kier alpha value is -1.20. The maximum absolute atomic E-state index is 14.4. The first kappa shape index (κ1) is 14.7. The lowest BCUT2D eigenvalue weighted by molar-refractivity contribution is -0.124. The van der Waals surface area contributed by atoms with Gasteiger partial charge in [0.15, 0.2) is 0 Å². The van der Waals surface area contributed by atoms with Crippen molar-refractivity contribution in [1.82, 2.24) is 0 Å². The molecule has 1 aliphatic carbocycles. The number of halogens is 1. The lowest BCUT2D eigenvalue weighted by Gasteiger charge is -2.32. The second-order valence-electron chi connectivity index (χ2n) is 7.01. The molecule has 1 saturated carbocycles. The van der Waals surface area contributed by atoms with Crippen molar-refractivity contribution in [3.8, 4) is 0 Å². The van der Waals surface area contributed by atoms with E-state index in [1.165, 1.54) is 6.07 Å². The van der Waals surface area contributed by atoms with Gasteiger partial charge >= 0.3 is 7.12 Å². The van der Waals surface area contributed by atoms with Gasteiger partial charge in [-0.3, -0.25) is 4.79 Å². The first-order valence-corrected chi connectivity index (χ1v) is 7.36. The van der Waals surface area contributed by atoms with Crippen LogP contribution in [-0.4, -0.2) is 24.1 Å². The number of hydrogen-bond donors (Lipinski definition) is 0. The third kappa shape index (κ3) is 2.42. The van der Waals surface area contributed by atoms with Gasteiger partial charge in [-0.25, -0.2) is 4.39 Å². The van der Waals surface area contributed by atoms with E-state index in [1.54, 1.807) is 6.07 Å². The van der Waals surface area contributed by atoms with Crippen molar-refractivity contribution in [2.45, 2.75) is 57.7 Å². The predicted octanol–water partition coefficient (Wildman–Crippen LogP) is 2.57. The molecule has 0 radical (unpaired) electrons. The van der Waals surface area contributed by atoms with Gasteiger partial charge < -0.3 is 9.31 Å². The Balaban J connectivity index is 1.83. The zero-order valence-corrected chi connectivity index (χ0v) is 12.9. The van der Waals surface area contributed by atoms with E-state index in [0.717, 1.165) is 5.56 Å². The zero-order valence-electron chi connectivity index (χ0n) is 12.9. The Kier molecular flexibility index (Phi) is 3.26. The summed E-state index contributed by atoms with van der Waals surface area (Å²) in [6.07, 6.45) is 1.05. The van der Waals surface area contributed by atoms with Crippen LogP contribution in [0.15, 0.2) is 18.2 Å². The molecule has 1 aromatic rings. The summed E-state index contributed by atoms with van der Waals surface area (Å²) in [4.78, 5) is 11.1. The van der Waals surface area contributed by atoms with E-state index in [0.29, 0.717) is 18.3 Å². The number of hydrogen-bond acceptors (Lipinski definition) is 3. The minimum absolute atomic E-state index is 0.166. The molecule has 1 aromatic carbocycles.